The minimum absolute atomic E-state index is 0.0472. The van der Waals surface area contributed by atoms with Gasteiger partial charge in [0.15, 0.2) is 0 Å². The summed E-state index contributed by atoms with van der Waals surface area (Å²) >= 11 is 0. The number of rotatable bonds is 2. The van der Waals surface area contributed by atoms with E-state index in [-0.39, 0.29) is 5.43 Å². The van der Waals surface area contributed by atoms with Crippen LogP contribution >= 0.6 is 0 Å². The minimum atomic E-state index is 0.0472. The zero-order valence-electron chi connectivity index (χ0n) is 13.3. The molecule has 6 nitrogen and oxygen atoms in total. The molecule has 0 saturated carbocycles. The van der Waals surface area contributed by atoms with E-state index in [0.717, 1.165) is 22.6 Å². The molecule has 1 aromatic rings. The predicted octanol–water partition coefficient (Wildman–Crippen LogP) is 0.992. The Hall–Kier alpha value is -2.89. The molecule has 0 radical (unpaired) electrons. The third-order valence-corrected chi connectivity index (χ3v) is 4.31. The summed E-state index contributed by atoms with van der Waals surface area (Å²) in [5.74, 6) is 0.889. The molecule has 0 atom stereocenters. The molecule has 23 heavy (non-hydrogen) atoms. The lowest BCUT2D eigenvalue weighted by Gasteiger charge is -2.26. The second kappa shape index (κ2) is 4.81. The highest BCUT2D eigenvalue weighted by molar-refractivity contribution is 5.97. The fourth-order valence-electron chi connectivity index (χ4n) is 3.27. The van der Waals surface area contributed by atoms with Gasteiger partial charge in [-0.1, -0.05) is 12.2 Å². The third kappa shape index (κ3) is 1.78. The van der Waals surface area contributed by atoms with Crippen LogP contribution < -0.4 is 20.5 Å². The Balaban J connectivity index is 2.29. The zero-order chi connectivity index (χ0) is 16.1. The number of aromatic amines is 1. The molecular formula is C17H18N4O2. The molecule has 0 aliphatic carbocycles. The van der Waals surface area contributed by atoms with Gasteiger partial charge in [0, 0.05) is 44.0 Å². The lowest BCUT2D eigenvalue weighted by Crippen LogP contribution is -2.37. The Morgan fingerprint density at radius 1 is 1.35 bits per heavy atom. The molecule has 0 spiro atoms. The van der Waals surface area contributed by atoms with E-state index in [2.05, 4.69) is 4.98 Å². The molecule has 1 N–H and O–H groups in total. The monoisotopic (exact) mass is 310 g/mol. The molecular weight excluding hydrogens is 292 g/mol. The standard InChI is InChI=1S/C17H18N4O2/c1-19(2)17-15-14-11(7-9-21(15)23-3)16(22)12-6-4-5-8-20(12)13(14)10-18-17/h4-7,9-10,18H,8H2,1-3H3. The number of allylic oxidation sites excluding steroid dienone is 2. The van der Waals surface area contributed by atoms with Crippen molar-refractivity contribution in [1.82, 2.24) is 14.3 Å². The van der Waals surface area contributed by atoms with Crippen LogP contribution in [0.1, 0.15) is 0 Å². The van der Waals surface area contributed by atoms with Gasteiger partial charge in [-0.25, -0.2) is 0 Å². The fourth-order valence-corrected chi connectivity index (χ4v) is 3.27. The largest absolute Gasteiger partial charge is 0.417 e. The number of H-pyrrole nitrogens is 1. The van der Waals surface area contributed by atoms with Gasteiger partial charge in [-0.2, -0.15) is 4.73 Å². The van der Waals surface area contributed by atoms with Crippen LogP contribution in [0.2, 0.25) is 0 Å². The molecule has 0 fully saturated rings. The molecule has 3 aliphatic rings. The SMILES string of the molecule is COn1ccc2c3c(c[nH]c(N(C)C)c1-3)n1c(c2=O)=CC=CC1. The van der Waals surface area contributed by atoms with E-state index >= 15 is 0 Å². The van der Waals surface area contributed by atoms with E-state index in [1.54, 1.807) is 18.0 Å². The lowest BCUT2D eigenvalue weighted by molar-refractivity contribution is 0.170. The number of anilines is 1. The van der Waals surface area contributed by atoms with Crippen molar-refractivity contribution in [3.63, 3.8) is 0 Å². The van der Waals surface area contributed by atoms with E-state index in [4.69, 9.17) is 4.84 Å². The van der Waals surface area contributed by atoms with Crippen molar-refractivity contribution in [1.29, 1.82) is 0 Å². The maximum absolute atomic E-state index is 12.9. The number of pyridine rings is 3. The molecule has 6 heteroatoms. The molecule has 0 unspecified atom stereocenters. The molecule has 4 heterocycles. The second-order valence-electron chi connectivity index (χ2n) is 5.80. The van der Waals surface area contributed by atoms with Gasteiger partial charge in [0.2, 0.25) is 5.43 Å². The Labute approximate surface area is 132 Å². The van der Waals surface area contributed by atoms with Crippen molar-refractivity contribution in [3.8, 4) is 11.3 Å². The average molecular weight is 310 g/mol. The summed E-state index contributed by atoms with van der Waals surface area (Å²) in [6.45, 7) is 0.684. The number of fused-ring (bicyclic) bond motifs is 2. The Bertz CT molecular complexity index is 1030. The topological polar surface area (TPSA) is 55.2 Å². The summed E-state index contributed by atoms with van der Waals surface area (Å²) in [6.07, 6.45) is 9.59. The van der Waals surface area contributed by atoms with Crippen molar-refractivity contribution < 1.29 is 4.84 Å². The van der Waals surface area contributed by atoms with E-state index in [0.29, 0.717) is 17.3 Å². The molecule has 1 aromatic heterocycles. The van der Waals surface area contributed by atoms with Crippen molar-refractivity contribution in [2.24, 2.45) is 0 Å². The number of aromatic nitrogens is 3. The van der Waals surface area contributed by atoms with Crippen LogP contribution in [0.15, 0.2) is 35.4 Å². The highest BCUT2D eigenvalue weighted by Crippen LogP contribution is 2.35. The summed E-state index contributed by atoms with van der Waals surface area (Å²) in [5.41, 5.74) is 2.80. The summed E-state index contributed by atoms with van der Waals surface area (Å²) in [4.78, 5) is 23.7. The Kier molecular flexibility index (Phi) is 2.87. The first kappa shape index (κ1) is 13.8. The average Bonchev–Trinajstić information content (AvgIpc) is 2.58. The van der Waals surface area contributed by atoms with Gasteiger partial charge in [-0.3, -0.25) is 4.79 Å². The molecule has 3 aliphatic heterocycles. The smallest absolute Gasteiger partial charge is 0.210 e. The van der Waals surface area contributed by atoms with Crippen LogP contribution in [-0.2, 0) is 6.54 Å². The fraction of sp³-hybridized carbons (Fsp3) is 0.235. The Morgan fingerprint density at radius 3 is 2.91 bits per heavy atom. The highest BCUT2D eigenvalue weighted by Gasteiger charge is 2.23. The normalized spacial score (nSPS) is 13.2. The summed E-state index contributed by atoms with van der Waals surface area (Å²) < 4.78 is 3.73. The van der Waals surface area contributed by atoms with Crippen molar-refractivity contribution in [2.45, 2.75) is 6.54 Å². The van der Waals surface area contributed by atoms with Crippen LogP contribution in [0, 0.1) is 0 Å². The van der Waals surface area contributed by atoms with Crippen LogP contribution in [-0.4, -0.2) is 35.5 Å². The maximum Gasteiger partial charge on any atom is 0.210 e. The van der Waals surface area contributed by atoms with Gasteiger partial charge in [0.05, 0.1) is 10.9 Å². The van der Waals surface area contributed by atoms with Crippen LogP contribution in [0.3, 0.4) is 0 Å². The van der Waals surface area contributed by atoms with Crippen molar-refractivity contribution in [3.05, 3.63) is 46.2 Å². The van der Waals surface area contributed by atoms with E-state index in [9.17, 15) is 4.79 Å². The first-order valence-corrected chi connectivity index (χ1v) is 7.47. The highest BCUT2D eigenvalue weighted by atomic mass is 16.6. The molecule has 0 amide bonds. The summed E-state index contributed by atoms with van der Waals surface area (Å²) in [6, 6.07) is 1.83. The molecule has 0 aromatic carbocycles. The minimum Gasteiger partial charge on any atom is -0.417 e. The van der Waals surface area contributed by atoms with Crippen LogP contribution in [0.25, 0.3) is 28.2 Å². The van der Waals surface area contributed by atoms with Gasteiger partial charge in [0.1, 0.15) is 18.6 Å². The molecule has 0 saturated heterocycles. The van der Waals surface area contributed by atoms with Gasteiger partial charge in [-0.15, -0.1) is 0 Å². The molecule has 118 valence electrons. The molecule has 0 bridgehead atoms. The lowest BCUT2D eigenvalue weighted by atomic mass is 10.0. The van der Waals surface area contributed by atoms with Crippen LogP contribution in [0.4, 0.5) is 5.82 Å². The summed E-state index contributed by atoms with van der Waals surface area (Å²) in [7, 11) is 5.54. The Morgan fingerprint density at radius 2 is 2.17 bits per heavy atom. The molecule has 4 rings (SSSR count). The number of nitrogens with zero attached hydrogens (tertiary/aromatic N) is 3. The first-order chi connectivity index (χ1) is 11.1. The van der Waals surface area contributed by atoms with Gasteiger partial charge in [0.25, 0.3) is 0 Å². The number of hydrogen-bond acceptors (Lipinski definition) is 3. The van der Waals surface area contributed by atoms with Gasteiger partial charge < -0.3 is 19.3 Å². The van der Waals surface area contributed by atoms with E-state index in [1.165, 1.54) is 0 Å². The van der Waals surface area contributed by atoms with E-state index in [1.807, 2.05) is 54.1 Å². The van der Waals surface area contributed by atoms with Crippen molar-refractivity contribution >= 4 is 22.8 Å². The zero-order valence-corrected chi connectivity index (χ0v) is 13.3. The van der Waals surface area contributed by atoms with Crippen LogP contribution in [0.5, 0.6) is 0 Å². The maximum atomic E-state index is 12.9. The predicted molar refractivity (Wildman–Crippen MR) is 91.6 cm³/mol. The quantitative estimate of drug-likeness (QED) is 0.768. The number of nitrogens with one attached hydrogen (secondary N) is 1. The van der Waals surface area contributed by atoms with Gasteiger partial charge >= 0.3 is 0 Å². The third-order valence-electron chi connectivity index (χ3n) is 4.31. The second-order valence-corrected chi connectivity index (χ2v) is 5.80. The number of hydrogen-bond donors (Lipinski definition) is 1. The summed E-state index contributed by atoms with van der Waals surface area (Å²) in [5, 5.41) is 1.42. The van der Waals surface area contributed by atoms with E-state index < -0.39 is 0 Å². The van der Waals surface area contributed by atoms with Gasteiger partial charge in [-0.05, 0) is 12.1 Å². The van der Waals surface area contributed by atoms with Crippen molar-refractivity contribution in [2.75, 3.05) is 26.1 Å². The first-order valence-electron chi connectivity index (χ1n) is 7.47.